The molecular weight excluding hydrogens is 444 g/mol. The molecule has 174 valence electrons. The van der Waals surface area contributed by atoms with Crippen LogP contribution in [-0.4, -0.2) is 48.7 Å². The third-order valence-corrected chi connectivity index (χ3v) is 6.24. The van der Waals surface area contributed by atoms with Crippen LogP contribution in [0.15, 0.2) is 54.6 Å². The Morgan fingerprint density at radius 2 is 1.76 bits per heavy atom. The van der Waals surface area contributed by atoms with Gasteiger partial charge in [-0.05, 0) is 30.9 Å². The number of rotatable bonds is 8. The lowest BCUT2D eigenvalue weighted by molar-refractivity contribution is -0.157. The molecule has 1 saturated carbocycles. The predicted octanol–water partition coefficient (Wildman–Crippen LogP) is 3.04. The van der Waals surface area contributed by atoms with E-state index in [0.717, 1.165) is 18.4 Å². The number of amides is 2. The highest BCUT2D eigenvalue weighted by molar-refractivity contribution is 6.31. The lowest BCUT2D eigenvalue weighted by Crippen LogP contribution is -2.55. The molecule has 0 aromatic heterocycles. The van der Waals surface area contributed by atoms with Gasteiger partial charge in [-0.15, -0.1) is 0 Å². The van der Waals surface area contributed by atoms with E-state index in [4.69, 9.17) is 16.3 Å². The summed E-state index contributed by atoms with van der Waals surface area (Å²) in [6.07, 6.45) is 2.45. The number of ether oxygens (including phenoxy) is 1. The molecule has 1 aliphatic rings. The van der Waals surface area contributed by atoms with Crippen molar-refractivity contribution in [2.24, 2.45) is 0 Å². The second kappa shape index (κ2) is 11.1. The van der Waals surface area contributed by atoms with Gasteiger partial charge < -0.3 is 15.0 Å². The number of hydrogen-bond acceptors (Lipinski definition) is 5. The fraction of sp³-hybridized carbons (Fsp3) is 0.360. The maximum Gasteiger partial charge on any atom is 0.325 e. The van der Waals surface area contributed by atoms with Gasteiger partial charge in [0.05, 0.1) is 6.42 Å². The van der Waals surface area contributed by atoms with Crippen LogP contribution >= 0.6 is 11.6 Å². The molecule has 33 heavy (non-hydrogen) atoms. The molecule has 8 heteroatoms. The van der Waals surface area contributed by atoms with Crippen molar-refractivity contribution < 1.29 is 23.9 Å². The first kappa shape index (κ1) is 24.5. The van der Waals surface area contributed by atoms with Crippen molar-refractivity contribution in [1.29, 1.82) is 0 Å². The minimum absolute atomic E-state index is 0.0859. The van der Waals surface area contributed by atoms with Crippen molar-refractivity contribution in [1.82, 2.24) is 10.2 Å². The van der Waals surface area contributed by atoms with E-state index in [1.54, 1.807) is 24.3 Å². The van der Waals surface area contributed by atoms with Crippen LogP contribution in [-0.2, 0) is 35.9 Å². The van der Waals surface area contributed by atoms with Gasteiger partial charge in [-0.2, -0.15) is 0 Å². The molecule has 1 N–H and O–H groups in total. The van der Waals surface area contributed by atoms with Gasteiger partial charge in [0.1, 0.15) is 12.1 Å². The molecule has 2 amide bonds. The molecule has 7 nitrogen and oxygen atoms in total. The average molecular weight is 471 g/mol. The van der Waals surface area contributed by atoms with E-state index in [1.165, 1.54) is 11.9 Å². The molecule has 1 aliphatic carbocycles. The maximum atomic E-state index is 13.1. The van der Waals surface area contributed by atoms with Gasteiger partial charge >= 0.3 is 5.97 Å². The minimum Gasteiger partial charge on any atom is -0.454 e. The summed E-state index contributed by atoms with van der Waals surface area (Å²) in [6, 6.07) is 16.1. The van der Waals surface area contributed by atoms with Gasteiger partial charge in [0, 0.05) is 24.1 Å². The Bertz CT molecular complexity index is 1030. The van der Waals surface area contributed by atoms with Gasteiger partial charge in [0.25, 0.3) is 5.91 Å². The Labute approximate surface area is 198 Å². The molecule has 0 spiro atoms. The first-order valence-electron chi connectivity index (χ1n) is 10.9. The van der Waals surface area contributed by atoms with Crippen LogP contribution < -0.4 is 5.32 Å². The van der Waals surface area contributed by atoms with E-state index in [2.05, 4.69) is 5.32 Å². The monoisotopic (exact) mass is 470 g/mol. The second-order valence-electron chi connectivity index (χ2n) is 8.02. The highest BCUT2D eigenvalue weighted by Gasteiger charge is 2.47. The van der Waals surface area contributed by atoms with E-state index in [-0.39, 0.29) is 24.7 Å². The number of likely N-dealkylation sites (N-methyl/N-ethyl adjacent to an activating group) is 1. The van der Waals surface area contributed by atoms with Crippen molar-refractivity contribution in [3.05, 3.63) is 70.7 Å². The van der Waals surface area contributed by atoms with Crippen molar-refractivity contribution in [2.75, 3.05) is 20.2 Å². The molecular formula is C25H27ClN2O5. The van der Waals surface area contributed by atoms with Crippen LogP contribution in [0.3, 0.4) is 0 Å². The normalized spacial score (nSPS) is 17.8. The second-order valence-corrected chi connectivity index (χ2v) is 8.43. The molecule has 0 heterocycles. The number of Topliss-reactive ketones (excluding diaryl/α,β-unsaturated/α-hetero) is 1. The fourth-order valence-corrected chi connectivity index (χ4v) is 4.44. The van der Waals surface area contributed by atoms with Crippen LogP contribution in [0.4, 0.5) is 0 Å². The third-order valence-electron chi connectivity index (χ3n) is 5.91. The Kier molecular flexibility index (Phi) is 8.22. The molecule has 0 radical (unpaired) electrons. The minimum atomic E-state index is -1.19. The predicted molar refractivity (Wildman–Crippen MR) is 123 cm³/mol. The summed E-state index contributed by atoms with van der Waals surface area (Å²) in [7, 11) is 1.53. The molecule has 2 aromatic rings. The number of esters is 1. The quantitative estimate of drug-likeness (QED) is 0.598. The van der Waals surface area contributed by atoms with E-state index < -0.39 is 24.0 Å². The molecule has 1 unspecified atom stereocenters. The number of benzene rings is 2. The van der Waals surface area contributed by atoms with Gasteiger partial charge in [-0.3, -0.25) is 19.2 Å². The number of nitrogens with zero attached hydrogens (tertiary/aromatic N) is 1. The van der Waals surface area contributed by atoms with Crippen molar-refractivity contribution in [3.63, 3.8) is 0 Å². The van der Waals surface area contributed by atoms with Crippen LogP contribution in [0, 0.1) is 0 Å². The Balaban J connectivity index is 1.59. The summed E-state index contributed by atoms with van der Waals surface area (Å²) >= 11 is 6.40. The van der Waals surface area contributed by atoms with Gasteiger partial charge in [0.15, 0.2) is 12.4 Å². The van der Waals surface area contributed by atoms with Gasteiger partial charge in [-0.1, -0.05) is 60.1 Å². The van der Waals surface area contributed by atoms with Crippen LogP contribution in [0.2, 0.25) is 5.02 Å². The molecule has 0 saturated heterocycles. The molecule has 2 aromatic carbocycles. The number of ketones is 1. The van der Waals surface area contributed by atoms with Crippen molar-refractivity contribution in [3.8, 4) is 0 Å². The highest BCUT2D eigenvalue weighted by Crippen LogP contribution is 2.42. The number of halogens is 1. The summed E-state index contributed by atoms with van der Waals surface area (Å²) in [6.45, 7) is -0.888. The zero-order valence-electron chi connectivity index (χ0n) is 18.5. The van der Waals surface area contributed by atoms with Gasteiger partial charge in [-0.25, -0.2) is 0 Å². The zero-order valence-corrected chi connectivity index (χ0v) is 19.3. The number of carbonyl (C=O) groups excluding carboxylic acids is 4. The number of carbonyl (C=O) groups is 4. The summed E-state index contributed by atoms with van der Waals surface area (Å²) < 4.78 is 5.07. The maximum absolute atomic E-state index is 13.1. The van der Waals surface area contributed by atoms with Crippen LogP contribution in [0.5, 0.6) is 0 Å². The zero-order chi connectivity index (χ0) is 23.8. The molecule has 0 bridgehead atoms. The number of hydrogen-bond donors (Lipinski definition) is 1. The first-order chi connectivity index (χ1) is 15.8. The van der Waals surface area contributed by atoms with E-state index >= 15 is 0 Å². The molecule has 1 atom stereocenters. The van der Waals surface area contributed by atoms with Crippen molar-refractivity contribution in [2.45, 2.75) is 37.6 Å². The lowest BCUT2D eigenvalue weighted by Gasteiger charge is -2.43. The SMILES string of the molecule is CN(C(=O)COC(=O)CNC(=O)Cc1ccccc1)C1(c2ccccc2Cl)CCCCC1=O. The molecule has 0 aliphatic heterocycles. The summed E-state index contributed by atoms with van der Waals surface area (Å²) in [5.74, 6) is -1.67. The average Bonchev–Trinajstić information content (AvgIpc) is 2.82. The summed E-state index contributed by atoms with van der Waals surface area (Å²) in [5, 5.41) is 2.89. The fourth-order valence-electron chi connectivity index (χ4n) is 4.15. The Morgan fingerprint density at radius 3 is 2.45 bits per heavy atom. The Hall–Kier alpha value is -3.19. The van der Waals surface area contributed by atoms with Crippen LogP contribution in [0.25, 0.3) is 0 Å². The topological polar surface area (TPSA) is 92.8 Å². The lowest BCUT2D eigenvalue weighted by atomic mass is 9.74. The van der Waals surface area contributed by atoms with Crippen LogP contribution in [0.1, 0.15) is 36.8 Å². The smallest absolute Gasteiger partial charge is 0.325 e. The summed E-state index contributed by atoms with van der Waals surface area (Å²) in [4.78, 5) is 51.4. The van der Waals surface area contributed by atoms with E-state index in [9.17, 15) is 19.2 Å². The molecule has 1 fully saturated rings. The largest absolute Gasteiger partial charge is 0.454 e. The summed E-state index contributed by atoms with van der Waals surface area (Å²) in [5.41, 5.74) is 0.207. The third kappa shape index (κ3) is 5.79. The van der Waals surface area contributed by atoms with Crippen molar-refractivity contribution >= 4 is 35.2 Å². The first-order valence-corrected chi connectivity index (χ1v) is 11.2. The van der Waals surface area contributed by atoms with E-state index in [1.807, 2.05) is 30.3 Å². The highest BCUT2D eigenvalue weighted by atomic mass is 35.5. The standard InChI is InChI=1S/C25H27ClN2O5/c1-28(25(14-8-7-13-21(25)29)19-11-5-6-12-20(19)26)23(31)17-33-24(32)16-27-22(30)15-18-9-3-2-4-10-18/h2-6,9-12H,7-8,13-17H2,1H3,(H,27,30). The van der Waals surface area contributed by atoms with Gasteiger partial charge in [0.2, 0.25) is 5.91 Å². The Morgan fingerprint density at radius 1 is 1.06 bits per heavy atom. The van der Waals surface area contributed by atoms with E-state index in [0.29, 0.717) is 23.4 Å². The molecule has 3 rings (SSSR count). The number of nitrogens with one attached hydrogen (secondary N) is 1.